The number of hydrogen-bond acceptors (Lipinski definition) is 4. The van der Waals surface area contributed by atoms with Crippen LogP contribution in [0.4, 0.5) is 4.39 Å². The van der Waals surface area contributed by atoms with E-state index < -0.39 is 11.6 Å². The molecule has 1 aliphatic heterocycles. The molecule has 17 heavy (non-hydrogen) atoms. The van der Waals surface area contributed by atoms with Crippen LogP contribution < -0.4 is 4.74 Å². The van der Waals surface area contributed by atoms with Crippen LogP contribution in [0.25, 0.3) is 0 Å². The maximum atomic E-state index is 14.2. The molecule has 0 aliphatic carbocycles. The largest absolute Gasteiger partial charge is 0.450 e. The number of halogens is 1. The molecule has 1 heterocycles. The minimum absolute atomic E-state index is 0.0596. The minimum atomic E-state index is -2.31. The Labute approximate surface area is 98.3 Å². The second-order valence-electron chi connectivity index (χ2n) is 3.72. The van der Waals surface area contributed by atoms with Crippen LogP contribution in [0.3, 0.4) is 0 Å². The van der Waals surface area contributed by atoms with Crippen molar-refractivity contribution in [1.29, 1.82) is 0 Å². The second-order valence-corrected chi connectivity index (χ2v) is 3.72. The molecule has 1 atom stereocenters. The van der Waals surface area contributed by atoms with Crippen LogP contribution in [0.15, 0.2) is 24.3 Å². The number of benzene rings is 1. The first-order valence-electron chi connectivity index (χ1n) is 5.26. The predicted octanol–water partition coefficient (Wildman–Crippen LogP) is 1.94. The molecular weight excluding hydrogens is 227 g/mol. The highest BCUT2D eigenvalue weighted by Crippen LogP contribution is 2.37. The first kappa shape index (κ1) is 12.0. The molecule has 1 aromatic rings. The quantitative estimate of drug-likeness (QED) is 0.582. The van der Waals surface area contributed by atoms with Crippen LogP contribution in [0, 0.1) is 0 Å². The zero-order valence-electron chi connectivity index (χ0n) is 9.44. The fourth-order valence-corrected chi connectivity index (χ4v) is 1.68. The number of hydrogen-bond donors (Lipinski definition) is 0. The van der Waals surface area contributed by atoms with Crippen molar-refractivity contribution in [1.82, 2.24) is 0 Å². The third-order valence-corrected chi connectivity index (χ3v) is 2.51. The molecule has 0 saturated heterocycles. The fraction of sp³-hybridized carbons (Fsp3) is 0.417. The van der Waals surface area contributed by atoms with Gasteiger partial charge in [-0.25, -0.2) is 0 Å². The predicted molar refractivity (Wildman–Crippen MR) is 57.7 cm³/mol. The number of para-hydroxylation sites is 1. The lowest BCUT2D eigenvalue weighted by atomic mass is 10.1. The van der Waals surface area contributed by atoms with Crippen LogP contribution in [0.2, 0.25) is 0 Å². The van der Waals surface area contributed by atoms with E-state index in [2.05, 4.69) is 4.74 Å². The van der Waals surface area contributed by atoms with Gasteiger partial charge in [0.05, 0.1) is 12.2 Å². The second kappa shape index (κ2) is 4.81. The van der Waals surface area contributed by atoms with E-state index in [1.807, 2.05) is 0 Å². The molecule has 0 spiro atoms. The molecule has 0 radical (unpaired) electrons. The normalized spacial score (nSPS) is 22.4. The Bertz CT molecular complexity index is 421. The summed E-state index contributed by atoms with van der Waals surface area (Å²) in [6, 6.07) is 6.49. The van der Waals surface area contributed by atoms with Gasteiger partial charge in [-0.15, -0.1) is 0 Å². The molecule has 4 nitrogen and oxygen atoms in total. The monoisotopic (exact) mass is 240 g/mol. The van der Waals surface area contributed by atoms with Gasteiger partial charge in [-0.2, -0.15) is 4.39 Å². The maximum Gasteiger partial charge on any atom is 0.313 e. The van der Waals surface area contributed by atoms with Gasteiger partial charge in [0, 0.05) is 13.5 Å². The van der Waals surface area contributed by atoms with E-state index in [1.165, 1.54) is 7.11 Å². The Kier molecular flexibility index (Phi) is 3.40. The molecule has 1 aliphatic rings. The van der Waals surface area contributed by atoms with Crippen LogP contribution in [0.5, 0.6) is 5.75 Å². The fourth-order valence-electron chi connectivity index (χ4n) is 1.68. The number of ketones is 1. The van der Waals surface area contributed by atoms with E-state index in [-0.39, 0.29) is 31.1 Å². The summed E-state index contributed by atoms with van der Waals surface area (Å²) in [5.74, 6) is -2.67. The topological polar surface area (TPSA) is 44.8 Å². The van der Waals surface area contributed by atoms with Gasteiger partial charge in [0.15, 0.2) is 0 Å². The summed E-state index contributed by atoms with van der Waals surface area (Å²) in [6.45, 7) is 0.126. The van der Waals surface area contributed by atoms with Gasteiger partial charge >= 0.3 is 5.85 Å². The highest BCUT2D eigenvalue weighted by atomic mass is 19.2. The van der Waals surface area contributed by atoms with Gasteiger partial charge in [0.1, 0.15) is 12.5 Å². The summed E-state index contributed by atoms with van der Waals surface area (Å²) in [4.78, 5) is 11.8. The molecule has 92 valence electrons. The summed E-state index contributed by atoms with van der Waals surface area (Å²) in [5, 5.41) is 0. The number of carbonyl (C=O) groups is 1. The number of methoxy groups -OCH3 is 1. The van der Waals surface area contributed by atoms with Crippen molar-refractivity contribution in [3.63, 3.8) is 0 Å². The highest BCUT2D eigenvalue weighted by molar-refractivity contribution is 6.06. The van der Waals surface area contributed by atoms with Gasteiger partial charge in [0.2, 0.25) is 5.78 Å². The van der Waals surface area contributed by atoms with Crippen molar-refractivity contribution >= 4 is 5.78 Å². The Morgan fingerprint density at radius 3 is 2.88 bits per heavy atom. The van der Waals surface area contributed by atoms with Crippen LogP contribution >= 0.6 is 0 Å². The van der Waals surface area contributed by atoms with Gasteiger partial charge < -0.3 is 14.2 Å². The smallest absolute Gasteiger partial charge is 0.313 e. The maximum absolute atomic E-state index is 14.2. The van der Waals surface area contributed by atoms with E-state index in [1.54, 1.807) is 24.3 Å². The number of Topliss-reactive ketones (excluding diaryl/α,β-unsaturated/α-hetero) is 1. The Morgan fingerprint density at radius 1 is 1.41 bits per heavy atom. The Hall–Kier alpha value is -1.46. The van der Waals surface area contributed by atoms with Gasteiger partial charge in [-0.1, -0.05) is 12.1 Å². The van der Waals surface area contributed by atoms with Crippen molar-refractivity contribution in [2.75, 3.05) is 20.5 Å². The molecule has 1 unspecified atom stereocenters. The minimum Gasteiger partial charge on any atom is -0.450 e. The molecule has 0 amide bonds. The lowest BCUT2D eigenvalue weighted by molar-refractivity contribution is -0.0749. The van der Waals surface area contributed by atoms with Crippen LogP contribution in [-0.4, -0.2) is 32.1 Å². The number of carbonyl (C=O) groups excluding carboxylic acids is 1. The Morgan fingerprint density at radius 2 is 2.18 bits per heavy atom. The molecular formula is C12H13FO4. The van der Waals surface area contributed by atoms with Crippen LogP contribution in [-0.2, 0) is 9.47 Å². The van der Waals surface area contributed by atoms with Crippen molar-refractivity contribution in [3.05, 3.63) is 29.8 Å². The number of alkyl halides is 1. The summed E-state index contributed by atoms with van der Waals surface area (Å²) in [5.41, 5.74) is 0.279. The third kappa shape index (κ3) is 2.30. The molecule has 0 aromatic heterocycles. The van der Waals surface area contributed by atoms with Crippen LogP contribution in [0.1, 0.15) is 16.8 Å². The summed E-state index contributed by atoms with van der Waals surface area (Å²) >= 11 is 0. The average molecular weight is 240 g/mol. The summed E-state index contributed by atoms with van der Waals surface area (Å²) in [6.07, 6.45) is -0.149. The highest BCUT2D eigenvalue weighted by Gasteiger charge is 2.48. The SMILES string of the molecule is COCOCCC1(F)Oc2ccccc2C1=O. The number of rotatable bonds is 5. The lowest BCUT2D eigenvalue weighted by Gasteiger charge is -2.17. The van der Waals surface area contributed by atoms with Crippen molar-refractivity contribution in [3.8, 4) is 5.75 Å². The molecule has 0 saturated carbocycles. The molecule has 1 aromatic carbocycles. The van der Waals surface area contributed by atoms with E-state index in [4.69, 9.17) is 9.47 Å². The first-order valence-corrected chi connectivity index (χ1v) is 5.26. The molecule has 0 N–H and O–H groups in total. The van der Waals surface area contributed by atoms with E-state index in [0.717, 1.165) is 0 Å². The molecule has 5 heteroatoms. The molecule has 0 bridgehead atoms. The number of ether oxygens (including phenoxy) is 3. The number of fused-ring (bicyclic) bond motifs is 1. The van der Waals surface area contributed by atoms with Gasteiger partial charge in [0.25, 0.3) is 0 Å². The summed E-state index contributed by atoms with van der Waals surface area (Å²) < 4.78 is 28.9. The van der Waals surface area contributed by atoms with Gasteiger partial charge in [-0.3, -0.25) is 4.79 Å². The molecule has 0 fully saturated rings. The summed E-state index contributed by atoms with van der Waals surface area (Å²) in [7, 11) is 1.47. The van der Waals surface area contributed by atoms with Crippen molar-refractivity contribution in [2.45, 2.75) is 12.3 Å². The zero-order valence-corrected chi connectivity index (χ0v) is 9.44. The van der Waals surface area contributed by atoms with Gasteiger partial charge in [-0.05, 0) is 12.1 Å². The van der Waals surface area contributed by atoms with Crippen molar-refractivity contribution < 1.29 is 23.4 Å². The van der Waals surface area contributed by atoms with E-state index in [9.17, 15) is 9.18 Å². The lowest BCUT2D eigenvalue weighted by Crippen LogP contribution is -2.36. The average Bonchev–Trinajstić information content (AvgIpc) is 2.59. The molecule has 2 rings (SSSR count). The Balaban J connectivity index is 2.02. The first-order chi connectivity index (χ1) is 8.17. The standard InChI is InChI=1S/C12H13FO4/c1-15-8-16-7-6-12(13)11(14)9-4-2-3-5-10(9)17-12/h2-5H,6-8H2,1H3. The van der Waals surface area contributed by atoms with Crippen molar-refractivity contribution in [2.24, 2.45) is 0 Å². The van der Waals surface area contributed by atoms with E-state index in [0.29, 0.717) is 0 Å². The zero-order chi connectivity index (χ0) is 12.3. The third-order valence-electron chi connectivity index (χ3n) is 2.51. The van der Waals surface area contributed by atoms with E-state index >= 15 is 0 Å².